The fourth-order valence-electron chi connectivity index (χ4n) is 3.59. The van der Waals surface area contributed by atoms with Gasteiger partial charge in [-0.1, -0.05) is 0 Å². The zero-order valence-electron chi connectivity index (χ0n) is 14.0. The molecule has 0 aromatic carbocycles. The number of fused-ring (bicyclic) bond motifs is 1. The van der Waals surface area contributed by atoms with Gasteiger partial charge in [-0.05, 0) is 32.1 Å². The van der Waals surface area contributed by atoms with E-state index in [-0.39, 0.29) is 5.56 Å². The highest BCUT2D eigenvalue weighted by molar-refractivity contribution is 7.11. The lowest BCUT2D eigenvalue weighted by Crippen LogP contribution is -2.47. The lowest BCUT2D eigenvalue weighted by molar-refractivity contribution is 0.418. The van der Waals surface area contributed by atoms with Gasteiger partial charge in [-0.2, -0.15) is 0 Å². The van der Waals surface area contributed by atoms with Gasteiger partial charge in [0, 0.05) is 50.0 Å². The van der Waals surface area contributed by atoms with E-state index >= 15 is 0 Å². The fraction of sp³-hybridized carbons (Fsp3) is 0.588. The summed E-state index contributed by atoms with van der Waals surface area (Å²) < 4.78 is 1.59. The van der Waals surface area contributed by atoms with Crippen LogP contribution in [0.5, 0.6) is 0 Å². The number of piperidine rings is 1. The van der Waals surface area contributed by atoms with Crippen LogP contribution in [0.4, 0.5) is 5.82 Å². The molecule has 1 fully saturated rings. The van der Waals surface area contributed by atoms with Gasteiger partial charge in [0.25, 0.3) is 5.56 Å². The molecule has 7 heteroatoms. The van der Waals surface area contributed by atoms with Gasteiger partial charge in [0.2, 0.25) is 0 Å². The van der Waals surface area contributed by atoms with Crippen LogP contribution in [0.25, 0.3) is 0 Å². The molecule has 1 aliphatic heterocycles. The molecule has 2 aliphatic rings. The average Bonchev–Trinajstić information content (AvgIpc) is 3.17. The molecular weight excluding hydrogens is 322 g/mol. The molecule has 1 N–H and O–H groups in total. The predicted octanol–water partition coefficient (Wildman–Crippen LogP) is 1.48. The number of anilines is 1. The van der Waals surface area contributed by atoms with Crippen molar-refractivity contribution in [3.05, 3.63) is 38.3 Å². The first-order valence-electron chi connectivity index (χ1n) is 8.68. The van der Waals surface area contributed by atoms with E-state index in [1.807, 2.05) is 11.3 Å². The summed E-state index contributed by atoms with van der Waals surface area (Å²) in [7, 11) is 1.77. The average molecular weight is 345 g/mol. The maximum Gasteiger partial charge on any atom is 0.293 e. The Hall–Kier alpha value is -1.73. The quantitative estimate of drug-likeness (QED) is 0.909. The van der Waals surface area contributed by atoms with Gasteiger partial charge in [-0.25, -0.2) is 9.97 Å². The number of aryl methyl sites for hydroxylation is 3. The van der Waals surface area contributed by atoms with Crippen molar-refractivity contribution < 1.29 is 0 Å². The van der Waals surface area contributed by atoms with Crippen molar-refractivity contribution >= 4 is 17.2 Å². The smallest absolute Gasteiger partial charge is 0.293 e. The van der Waals surface area contributed by atoms with Crippen molar-refractivity contribution in [1.82, 2.24) is 19.9 Å². The second-order valence-electron chi connectivity index (χ2n) is 6.66. The number of hydrogen-bond acceptors (Lipinski definition) is 6. The zero-order valence-corrected chi connectivity index (χ0v) is 14.8. The molecule has 6 nitrogen and oxygen atoms in total. The summed E-state index contributed by atoms with van der Waals surface area (Å²) in [5.74, 6) is 0.569. The van der Waals surface area contributed by atoms with Crippen LogP contribution < -0.4 is 15.8 Å². The van der Waals surface area contributed by atoms with Crippen LogP contribution in [0.2, 0.25) is 0 Å². The second kappa shape index (κ2) is 6.64. The Morgan fingerprint density at radius 3 is 3.17 bits per heavy atom. The van der Waals surface area contributed by atoms with Gasteiger partial charge in [0.1, 0.15) is 5.01 Å². The van der Waals surface area contributed by atoms with Gasteiger partial charge in [-0.15, -0.1) is 11.3 Å². The third-order valence-corrected chi connectivity index (χ3v) is 6.06. The second-order valence-corrected chi connectivity index (χ2v) is 7.83. The van der Waals surface area contributed by atoms with E-state index < -0.39 is 0 Å². The minimum absolute atomic E-state index is 0.0190. The highest BCUT2D eigenvalue weighted by Crippen LogP contribution is 2.27. The Bertz CT molecular complexity index is 762. The first-order chi connectivity index (χ1) is 11.7. The van der Waals surface area contributed by atoms with E-state index in [0.29, 0.717) is 11.9 Å². The molecule has 0 radical (unpaired) electrons. The normalized spacial score (nSPS) is 20.4. The molecule has 0 saturated carbocycles. The van der Waals surface area contributed by atoms with Crippen LogP contribution in [-0.4, -0.2) is 33.7 Å². The molecule has 1 saturated heterocycles. The SMILES string of the molecule is Cn1ccnc(N2CCC[C@@H](NCc3nc4c(s3)CCC4)C2)c1=O. The molecule has 0 unspecified atom stereocenters. The number of hydrogen-bond donors (Lipinski definition) is 1. The largest absolute Gasteiger partial charge is 0.350 e. The van der Waals surface area contributed by atoms with E-state index in [1.165, 1.54) is 28.4 Å². The molecule has 0 spiro atoms. The van der Waals surface area contributed by atoms with E-state index in [1.54, 1.807) is 24.0 Å². The van der Waals surface area contributed by atoms with Gasteiger partial charge < -0.3 is 14.8 Å². The van der Waals surface area contributed by atoms with E-state index in [2.05, 4.69) is 15.2 Å². The number of thiazole rings is 1. The van der Waals surface area contributed by atoms with E-state index in [4.69, 9.17) is 4.98 Å². The van der Waals surface area contributed by atoms with Gasteiger partial charge >= 0.3 is 0 Å². The molecule has 0 bridgehead atoms. The molecule has 1 atom stereocenters. The Balaban J connectivity index is 1.39. The highest BCUT2D eigenvalue weighted by Gasteiger charge is 2.23. The summed E-state index contributed by atoms with van der Waals surface area (Å²) in [5, 5.41) is 4.83. The van der Waals surface area contributed by atoms with Gasteiger partial charge in [0.15, 0.2) is 5.82 Å². The molecule has 2 aromatic heterocycles. The Morgan fingerprint density at radius 1 is 1.38 bits per heavy atom. The molecule has 128 valence electrons. The summed E-state index contributed by atoms with van der Waals surface area (Å²) in [5.41, 5.74) is 1.30. The van der Waals surface area contributed by atoms with Crippen molar-refractivity contribution in [2.75, 3.05) is 18.0 Å². The van der Waals surface area contributed by atoms with Crippen LogP contribution in [0.3, 0.4) is 0 Å². The summed E-state index contributed by atoms with van der Waals surface area (Å²) in [6, 6.07) is 0.379. The van der Waals surface area contributed by atoms with Crippen molar-refractivity contribution in [3.8, 4) is 0 Å². The molecule has 0 amide bonds. The number of nitrogens with one attached hydrogen (secondary N) is 1. The number of nitrogens with zero attached hydrogens (tertiary/aromatic N) is 4. The summed E-state index contributed by atoms with van der Waals surface area (Å²) in [4.78, 5) is 24.9. The fourth-order valence-corrected chi connectivity index (χ4v) is 4.70. The topological polar surface area (TPSA) is 63.1 Å². The highest BCUT2D eigenvalue weighted by atomic mass is 32.1. The van der Waals surface area contributed by atoms with E-state index in [9.17, 15) is 4.79 Å². The predicted molar refractivity (Wildman–Crippen MR) is 95.7 cm³/mol. The zero-order chi connectivity index (χ0) is 16.5. The molecular formula is C17H23N5OS. The van der Waals surface area contributed by atoms with Crippen LogP contribution in [0.15, 0.2) is 17.2 Å². The maximum atomic E-state index is 12.3. The number of rotatable bonds is 4. The van der Waals surface area contributed by atoms with Crippen molar-refractivity contribution in [2.45, 2.75) is 44.7 Å². The van der Waals surface area contributed by atoms with Gasteiger partial charge in [0.05, 0.1) is 5.69 Å². The van der Waals surface area contributed by atoms with Crippen LogP contribution in [0, 0.1) is 0 Å². The minimum Gasteiger partial charge on any atom is -0.350 e. The van der Waals surface area contributed by atoms with Gasteiger partial charge in [-0.3, -0.25) is 4.79 Å². The molecule has 3 heterocycles. The monoisotopic (exact) mass is 345 g/mol. The van der Waals surface area contributed by atoms with Crippen LogP contribution in [0.1, 0.15) is 34.8 Å². The lowest BCUT2D eigenvalue weighted by atomic mass is 10.1. The molecule has 2 aromatic rings. The lowest BCUT2D eigenvalue weighted by Gasteiger charge is -2.33. The first-order valence-corrected chi connectivity index (χ1v) is 9.50. The molecule has 4 rings (SSSR count). The Kier molecular flexibility index (Phi) is 4.37. The maximum absolute atomic E-state index is 12.3. The van der Waals surface area contributed by atoms with Crippen molar-refractivity contribution in [2.24, 2.45) is 7.05 Å². The summed E-state index contributed by atoms with van der Waals surface area (Å²) in [6.07, 6.45) is 9.22. The summed E-state index contributed by atoms with van der Waals surface area (Å²) >= 11 is 1.86. The number of aromatic nitrogens is 3. The van der Waals surface area contributed by atoms with Crippen molar-refractivity contribution in [1.29, 1.82) is 0 Å². The Labute approximate surface area is 145 Å². The Morgan fingerprint density at radius 2 is 2.29 bits per heavy atom. The minimum atomic E-state index is -0.0190. The summed E-state index contributed by atoms with van der Waals surface area (Å²) in [6.45, 7) is 2.56. The van der Waals surface area contributed by atoms with E-state index in [0.717, 1.165) is 38.9 Å². The van der Waals surface area contributed by atoms with Crippen LogP contribution in [-0.2, 0) is 26.4 Å². The van der Waals surface area contributed by atoms with Crippen LogP contribution >= 0.6 is 11.3 Å². The molecule has 1 aliphatic carbocycles. The third-order valence-electron chi connectivity index (χ3n) is 4.90. The molecule has 24 heavy (non-hydrogen) atoms. The van der Waals surface area contributed by atoms with Crippen molar-refractivity contribution in [3.63, 3.8) is 0 Å². The first kappa shape index (κ1) is 15.8. The standard InChI is InChI=1S/C17H23N5OS/c1-21-9-7-18-16(17(21)23)22-8-3-4-12(11-22)19-10-15-20-13-5-2-6-14(13)24-15/h7,9,12,19H,2-6,8,10-11H2,1H3/t12-/m1/s1. The third kappa shape index (κ3) is 3.10.